The van der Waals surface area contributed by atoms with E-state index < -0.39 is 0 Å². The van der Waals surface area contributed by atoms with Gasteiger partial charge in [-0.05, 0) is 25.0 Å². The van der Waals surface area contributed by atoms with E-state index in [9.17, 15) is 0 Å². The highest BCUT2D eigenvalue weighted by Gasteiger charge is 2.04. The van der Waals surface area contributed by atoms with Crippen molar-refractivity contribution in [2.75, 3.05) is 6.54 Å². The Kier molecular flexibility index (Phi) is 8.50. The number of aliphatic imine (C=N–C) groups is 1. The summed E-state index contributed by atoms with van der Waals surface area (Å²) in [4.78, 5) is 9.03. The fraction of sp³-hybridized carbons (Fsp3) is 0.350. The maximum Gasteiger partial charge on any atom is 0.191 e. The lowest BCUT2D eigenvalue weighted by Gasteiger charge is -2.13. The van der Waals surface area contributed by atoms with Gasteiger partial charge in [-0.25, -0.2) is 14.5 Å². The number of unbranched alkanes of at least 4 members (excludes halogenated alkanes) is 1. The molecule has 0 spiro atoms. The topological polar surface area (TPSA) is 66.6 Å². The Morgan fingerprint density at radius 1 is 1.07 bits per heavy atom. The van der Waals surface area contributed by atoms with E-state index in [2.05, 4.69) is 58.8 Å². The molecule has 2 heterocycles. The van der Waals surface area contributed by atoms with E-state index in [-0.39, 0.29) is 24.0 Å². The molecule has 7 heteroatoms. The first-order valence-electron chi connectivity index (χ1n) is 9.11. The van der Waals surface area contributed by atoms with Crippen LogP contribution in [0.5, 0.6) is 0 Å². The van der Waals surface area contributed by atoms with Gasteiger partial charge in [0.15, 0.2) is 11.6 Å². The molecule has 0 atom stereocenters. The fourth-order valence-corrected chi connectivity index (χ4v) is 2.62. The van der Waals surface area contributed by atoms with Crippen molar-refractivity contribution in [3.63, 3.8) is 0 Å². The first-order valence-corrected chi connectivity index (χ1v) is 9.11. The molecule has 0 aliphatic heterocycles. The number of nitrogens with zero attached hydrogens (tertiary/aromatic N) is 4. The third-order valence-electron chi connectivity index (χ3n) is 4.17. The number of fused-ring (bicyclic) bond motifs is 1. The number of aryl methyl sites for hydroxylation is 1. The van der Waals surface area contributed by atoms with Crippen LogP contribution in [0.3, 0.4) is 0 Å². The first-order chi connectivity index (χ1) is 12.8. The van der Waals surface area contributed by atoms with Gasteiger partial charge < -0.3 is 10.6 Å². The van der Waals surface area contributed by atoms with Gasteiger partial charge in [-0.1, -0.05) is 43.2 Å². The van der Waals surface area contributed by atoms with E-state index in [1.165, 1.54) is 11.1 Å². The average Bonchev–Trinajstić information content (AvgIpc) is 3.14. The van der Waals surface area contributed by atoms with Crippen molar-refractivity contribution in [1.29, 1.82) is 0 Å². The van der Waals surface area contributed by atoms with Gasteiger partial charge >= 0.3 is 0 Å². The second-order valence-electron chi connectivity index (χ2n) is 6.32. The van der Waals surface area contributed by atoms with Crippen LogP contribution in [0.1, 0.15) is 36.6 Å². The summed E-state index contributed by atoms with van der Waals surface area (Å²) in [5.41, 5.74) is 4.35. The number of hydrogen-bond acceptors (Lipinski definition) is 3. The lowest BCUT2D eigenvalue weighted by Crippen LogP contribution is -2.38. The van der Waals surface area contributed by atoms with Crippen LogP contribution in [0.15, 0.2) is 53.8 Å². The molecule has 0 radical (unpaired) electrons. The second kappa shape index (κ2) is 10.9. The molecule has 6 nitrogen and oxygen atoms in total. The zero-order valence-corrected chi connectivity index (χ0v) is 18.2. The molecule has 0 aliphatic rings. The molecular formula is C20H27IN6. The summed E-state index contributed by atoms with van der Waals surface area (Å²) in [7, 11) is 0. The van der Waals surface area contributed by atoms with E-state index in [1.807, 2.05) is 22.8 Å². The summed E-state index contributed by atoms with van der Waals surface area (Å²) < 4.78 is 1.84. The average molecular weight is 478 g/mol. The largest absolute Gasteiger partial charge is 0.356 e. The molecule has 3 aromatic rings. The van der Waals surface area contributed by atoms with Gasteiger partial charge in [0.2, 0.25) is 0 Å². The Labute approximate surface area is 177 Å². The lowest BCUT2D eigenvalue weighted by molar-refractivity contribution is 0.712. The Morgan fingerprint density at radius 2 is 1.89 bits per heavy atom. The van der Waals surface area contributed by atoms with E-state index in [0.717, 1.165) is 36.7 Å². The fourth-order valence-electron chi connectivity index (χ4n) is 2.62. The van der Waals surface area contributed by atoms with Gasteiger partial charge in [-0.15, -0.1) is 24.0 Å². The summed E-state index contributed by atoms with van der Waals surface area (Å²) in [5.74, 6) is 0.816. The molecule has 0 amide bonds. The molecule has 0 bridgehead atoms. The van der Waals surface area contributed by atoms with E-state index in [1.54, 1.807) is 6.20 Å². The van der Waals surface area contributed by atoms with Crippen LogP contribution >= 0.6 is 24.0 Å². The third-order valence-corrected chi connectivity index (χ3v) is 4.17. The summed E-state index contributed by atoms with van der Waals surface area (Å²) in [6, 6.07) is 12.4. The number of guanidine groups is 1. The highest BCUT2D eigenvalue weighted by molar-refractivity contribution is 14.0. The SMILES string of the molecule is CCCCNC(=NCc1ccc(C)cc1)NCc1ccnc2ccnn12.I. The van der Waals surface area contributed by atoms with Crippen molar-refractivity contribution in [2.45, 2.75) is 39.8 Å². The van der Waals surface area contributed by atoms with Crippen molar-refractivity contribution in [1.82, 2.24) is 25.2 Å². The van der Waals surface area contributed by atoms with Gasteiger partial charge in [0.05, 0.1) is 25.0 Å². The minimum atomic E-state index is 0. The summed E-state index contributed by atoms with van der Waals surface area (Å²) in [6.07, 6.45) is 5.83. The zero-order chi connectivity index (χ0) is 18.2. The van der Waals surface area contributed by atoms with Crippen LogP contribution in [0, 0.1) is 6.92 Å². The van der Waals surface area contributed by atoms with E-state index in [4.69, 9.17) is 4.99 Å². The predicted octanol–water partition coefficient (Wildman–Crippen LogP) is 3.69. The number of benzene rings is 1. The van der Waals surface area contributed by atoms with Crippen LogP contribution < -0.4 is 10.6 Å². The number of rotatable bonds is 7. The first kappa shape index (κ1) is 21.1. The van der Waals surface area contributed by atoms with Crippen LogP contribution in [-0.2, 0) is 13.1 Å². The Hall–Kier alpha value is -2.16. The van der Waals surface area contributed by atoms with E-state index >= 15 is 0 Å². The normalized spacial score (nSPS) is 11.3. The van der Waals surface area contributed by atoms with E-state index in [0.29, 0.717) is 13.1 Å². The maximum absolute atomic E-state index is 4.73. The molecule has 144 valence electrons. The van der Waals surface area contributed by atoms with Crippen molar-refractivity contribution >= 4 is 35.6 Å². The molecule has 0 unspecified atom stereocenters. The molecule has 27 heavy (non-hydrogen) atoms. The Bertz CT molecular complexity index is 856. The van der Waals surface area contributed by atoms with Gasteiger partial charge in [0.25, 0.3) is 0 Å². The van der Waals surface area contributed by atoms with Gasteiger partial charge in [0.1, 0.15) is 0 Å². The van der Waals surface area contributed by atoms with Crippen molar-refractivity contribution in [3.8, 4) is 0 Å². The molecule has 0 aliphatic carbocycles. The zero-order valence-electron chi connectivity index (χ0n) is 15.9. The van der Waals surface area contributed by atoms with Gasteiger partial charge in [0, 0.05) is 18.8 Å². The molecule has 0 fully saturated rings. The molecule has 0 saturated heterocycles. The molecule has 0 saturated carbocycles. The van der Waals surface area contributed by atoms with Crippen molar-refractivity contribution in [2.24, 2.45) is 4.99 Å². The van der Waals surface area contributed by atoms with Crippen LogP contribution in [-0.4, -0.2) is 27.1 Å². The predicted molar refractivity (Wildman–Crippen MR) is 120 cm³/mol. The molecule has 2 aromatic heterocycles. The van der Waals surface area contributed by atoms with Crippen LogP contribution in [0.4, 0.5) is 0 Å². The van der Waals surface area contributed by atoms with Crippen LogP contribution in [0.25, 0.3) is 5.65 Å². The third kappa shape index (κ3) is 6.20. The highest BCUT2D eigenvalue weighted by Crippen LogP contribution is 2.05. The molecular weight excluding hydrogens is 451 g/mol. The van der Waals surface area contributed by atoms with Gasteiger partial charge in [-0.3, -0.25) is 0 Å². The summed E-state index contributed by atoms with van der Waals surface area (Å²) in [5, 5.41) is 11.1. The number of nitrogens with one attached hydrogen (secondary N) is 2. The summed E-state index contributed by atoms with van der Waals surface area (Å²) >= 11 is 0. The number of aromatic nitrogens is 3. The van der Waals surface area contributed by atoms with Crippen molar-refractivity contribution < 1.29 is 0 Å². The Morgan fingerprint density at radius 3 is 2.67 bits per heavy atom. The smallest absolute Gasteiger partial charge is 0.191 e. The minimum absolute atomic E-state index is 0. The highest BCUT2D eigenvalue weighted by atomic mass is 127. The number of hydrogen-bond donors (Lipinski definition) is 2. The monoisotopic (exact) mass is 478 g/mol. The Balaban J connectivity index is 0.00000261. The van der Waals surface area contributed by atoms with Crippen LogP contribution in [0.2, 0.25) is 0 Å². The lowest BCUT2D eigenvalue weighted by atomic mass is 10.1. The standard InChI is InChI=1S/C20H26N6.HI/c1-3-4-11-22-20(23-14-17-7-5-16(2)6-8-17)24-15-18-9-12-21-19-10-13-25-26(18)19;/h5-10,12-13H,3-4,11,14-15H2,1-2H3,(H2,22,23,24);1H. The maximum atomic E-state index is 4.73. The molecule has 2 N–H and O–H groups in total. The quantitative estimate of drug-likeness (QED) is 0.235. The van der Waals surface area contributed by atoms with Crippen molar-refractivity contribution in [3.05, 3.63) is 65.6 Å². The second-order valence-corrected chi connectivity index (χ2v) is 6.32. The summed E-state index contributed by atoms with van der Waals surface area (Å²) in [6.45, 7) is 6.46. The number of halogens is 1. The molecule has 3 rings (SSSR count). The van der Waals surface area contributed by atoms with Gasteiger partial charge in [-0.2, -0.15) is 5.10 Å². The molecule has 1 aromatic carbocycles. The minimum Gasteiger partial charge on any atom is -0.356 e.